The predicted molar refractivity (Wildman–Crippen MR) is 139 cm³/mol. The molecule has 5 nitrogen and oxygen atoms in total. The molecule has 1 N–H and O–H groups in total. The Kier molecular flexibility index (Phi) is 9.07. The van der Waals surface area contributed by atoms with Crippen LogP contribution in [0, 0.1) is 18.3 Å². The van der Waals surface area contributed by atoms with Gasteiger partial charge in [0, 0.05) is 15.7 Å². The monoisotopic (exact) mass is 516 g/mol. The molecule has 0 bridgehead atoms. The molecule has 0 fully saturated rings. The van der Waals surface area contributed by atoms with E-state index in [2.05, 4.69) is 27.8 Å². The van der Waals surface area contributed by atoms with Crippen molar-refractivity contribution >= 4 is 33.6 Å². The second-order valence-corrected chi connectivity index (χ2v) is 8.39. The van der Waals surface area contributed by atoms with Gasteiger partial charge >= 0.3 is 0 Å². The smallest absolute Gasteiger partial charge is 0.266 e. The van der Waals surface area contributed by atoms with Crippen LogP contribution < -0.4 is 14.8 Å². The van der Waals surface area contributed by atoms with Crippen LogP contribution >= 0.6 is 15.9 Å². The zero-order valence-electron chi connectivity index (χ0n) is 18.9. The van der Waals surface area contributed by atoms with Crippen molar-refractivity contribution in [2.24, 2.45) is 0 Å². The van der Waals surface area contributed by atoms with Crippen molar-refractivity contribution in [2.75, 3.05) is 18.5 Å². The highest BCUT2D eigenvalue weighted by molar-refractivity contribution is 9.10. The van der Waals surface area contributed by atoms with Crippen LogP contribution in [0.3, 0.4) is 0 Å². The number of para-hydroxylation sites is 1. The molecule has 0 aromatic heterocycles. The minimum absolute atomic E-state index is 0.0295. The van der Waals surface area contributed by atoms with Crippen LogP contribution in [0.4, 0.5) is 5.69 Å². The van der Waals surface area contributed by atoms with Crippen LogP contribution in [0.1, 0.15) is 16.7 Å². The van der Waals surface area contributed by atoms with Gasteiger partial charge in [-0.15, -0.1) is 6.58 Å². The maximum absolute atomic E-state index is 12.7. The van der Waals surface area contributed by atoms with Crippen molar-refractivity contribution in [3.63, 3.8) is 0 Å². The molecule has 0 spiro atoms. The summed E-state index contributed by atoms with van der Waals surface area (Å²) < 4.78 is 12.6. The van der Waals surface area contributed by atoms with E-state index < -0.39 is 5.91 Å². The summed E-state index contributed by atoms with van der Waals surface area (Å²) in [7, 11) is 0. The van der Waals surface area contributed by atoms with Crippen molar-refractivity contribution in [2.45, 2.75) is 13.3 Å². The van der Waals surface area contributed by atoms with Gasteiger partial charge in [-0.25, -0.2) is 0 Å². The number of rotatable bonds is 10. The summed E-state index contributed by atoms with van der Waals surface area (Å²) in [4.78, 5) is 12.7. The zero-order chi connectivity index (χ0) is 24.3. The summed E-state index contributed by atoms with van der Waals surface area (Å²) in [5, 5.41) is 12.3. The lowest BCUT2D eigenvalue weighted by Gasteiger charge is -2.13. The molecule has 3 aromatic rings. The number of hydrogen-bond donors (Lipinski definition) is 1. The molecule has 0 aliphatic carbocycles. The molecule has 172 valence electrons. The maximum Gasteiger partial charge on any atom is 0.266 e. The Morgan fingerprint density at radius 3 is 2.47 bits per heavy atom. The van der Waals surface area contributed by atoms with Crippen molar-refractivity contribution in [1.29, 1.82) is 5.26 Å². The van der Waals surface area contributed by atoms with Gasteiger partial charge in [-0.1, -0.05) is 57.9 Å². The van der Waals surface area contributed by atoms with E-state index in [0.29, 0.717) is 30.2 Å². The molecule has 0 saturated heterocycles. The van der Waals surface area contributed by atoms with Gasteiger partial charge < -0.3 is 14.8 Å². The summed E-state index contributed by atoms with van der Waals surface area (Å²) >= 11 is 3.44. The Hall–Kier alpha value is -3.82. The van der Waals surface area contributed by atoms with E-state index in [1.165, 1.54) is 6.08 Å². The van der Waals surface area contributed by atoms with Crippen molar-refractivity contribution in [3.05, 3.63) is 106 Å². The topological polar surface area (TPSA) is 71.3 Å². The van der Waals surface area contributed by atoms with Crippen LogP contribution in [0.25, 0.3) is 6.08 Å². The van der Waals surface area contributed by atoms with E-state index in [1.54, 1.807) is 24.3 Å². The number of anilines is 1. The lowest BCUT2D eigenvalue weighted by Crippen LogP contribution is -2.13. The highest BCUT2D eigenvalue weighted by Crippen LogP contribution is 2.26. The Morgan fingerprint density at radius 1 is 1.06 bits per heavy atom. The summed E-state index contributed by atoms with van der Waals surface area (Å²) in [6.07, 6.45) is 4.07. The van der Waals surface area contributed by atoms with Crippen LogP contribution in [0.15, 0.2) is 89.4 Å². The molecule has 1 amide bonds. The first-order chi connectivity index (χ1) is 16.5. The molecule has 0 atom stereocenters. The van der Waals surface area contributed by atoms with Gasteiger partial charge in [0.2, 0.25) is 0 Å². The molecule has 0 aliphatic rings. The molecule has 3 aromatic carbocycles. The number of carbonyl (C=O) groups is 1. The molecule has 6 heteroatoms. The fraction of sp³-hybridized carbons (Fsp3) is 0.143. The van der Waals surface area contributed by atoms with Gasteiger partial charge in [-0.2, -0.15) is 5.26 Å². The maximum atomic E-state index is 12.7. The summed E-state index contributed by atoms with van der Waals surface area (Å²) in [5.74, 6) is 0.850. The molecule has 3 rings (SSSR count). The van der Waals surface area contributed by atoms with E-state index in [1.807, 2.05) is 61.5 Å². The van der Waals surface area contributed by atoms with Gasteiger partial charge in [0.05, 0.1) is 0 Å². The number of allylic oxidation sites excluding steroid dienone is 1. The van der Waals surface area contributed by atoms with E-state index in [-0.39, 0.29) is 5.57 Å². The van der Waals surface area contributed by atoms with Gasteiger partial charge in [0.1, 0.15) is 36.4 Å². The number of ether oxygens (including phenoxy) is 2. The first-order valence-corrected chi connectivity index (χ1v) is 11.5. The van der Waals surface area contributed by atoms with Crippen LogP contribution in [-0.2, 0) is 11.2 Å². The number of amides is 1. The van der Waals surface area contributed by atoms with Crippen LogP contribution in [0.2, 0.25) is 0 Å². The Bertz CT molecular complexity index is 1230. The Balaban J connectivity index is 1.69. The number of nitriles is 1. The van der Waals surface area contributed by atoms with E-state index in [4.69, 9.17) is 9.47 Å². The molecule has 0 heterocycles. The van der Waals surface area contributed by atoms with E-state index in [9.17, 15) is 10.1 Å². The van der Waals surface area contributed by atoms with Gasteiger partial charge in [0.15, 0.2) is 0 Å². The summed E-state index contributed by atoms with van der Waals surface area (Å²) in [5.41, 5.74) is 3.34. The number of aryl methyl sites for hydroxylation is 1. The minimum Gasteiger partial charge on any atom is -0.490 e. The van der Waals surface area contributed by atoms with Gasteiger partial charge in [0.25, 0.3) is 5.91 Å². The van der Waals surface area contributed by atoms with Gasteiger partial charge in [-0.3, -0.25) is 4.79 Å². The Morgan fingerprint density at radius 2 is 1.76 bits per heavy atom. The summed E-state index contributed by atoms with van der Waals surface area (Å²) in [6.45, 7) is 6.38. The molecule has 0 saturated carbocycles. The average molecular weight is 517 g/mol. The van der Waals surface area contributed by atoms with Crippen LogP contribution in [-0.4, -0.2) is 19.1 Å². The molecule has 34 heavy (non-hydrogen) atoms. The standard InChI is InChI=1S/C28H25BrN2O3/c1-3-6-21-7-4-5-8-26(21)33-15-16-34-27-14-11-24(29)18-22(27)17-23(19-30)28(32)31-25-12-9-20(2)10-13-25/h3-5,7-14,17-18H,1,6,15-16H2,2H3,(H,31,32)/b23-17+. The first kappa shape index (κ1) is 24.8. The van der Waals surface area contributed by atoms with Crippen molar-refractivity contribution in [1.82, 2.24) is 0 Å². The second-order valence-electron chi connectivity index (χ2n) is 7.47. The number of nitrogens with one attached hydrogen (secondary N) is 1. The fourth-order valence-electron chi connectivity index (χ4n) is 3.18. The quantitative estimate of drug-likeness (QED) is 0.144. The highest BCUT2D eigenvalue weighted by Gasteiger charge is 2.12. The van der Waals surface area contributed by atoms with Crippen molar-refractivity contribution < 1.29 is 14.3 Å². The number of nitrogens with zero attached hydrogens (tertiary/aromatic N) is 1. The SMILES string of the molecule is C=CCc1ccccc1OCCOc1ccc(Br)cc1/C=C(\C#N)C(=O)Nc1ccc(C)cc1. The average Bonchev–Trinajstić information content (AvgIpc) is 2.83. The minimum atomic E-state index is -0.487. The van der Waals surface area contributed by atoms with Crippen molar-refractivity contribution in [3.8, 4) is 17.6 Å². The molecular weight excluding hydrogens is 492 g/mol. The number of benzene rings is 3. The van der Waals surface area contributed by atoms with E-state index in [0.717, 1.165) is 27.8 Å². The normalized spacial score (nSPS) is 10.8. The number of halogens is 1. The third-order valence-electron chi connectivity index (χ3n) is 4.88. The highest BCUT2D eigenvalue weighted by atomic mass is 79.9. The van der Waals surface area contributed by atoms with E-state index >= 15 is 0 Å². The third kappa shape index (κ3) is 7.09. The van der Waals surface area contributed by atoms with Gasteiger partial charge in [-0.05, 0) is 61.4 Å². The number of hydrogen-bond acceptors (Lipinski definition) is 4. The molecule has 0 aliphatic heterocycles. The molecular formula is C28H25BrN2O3. The lowest BCUT2D eigenvalue weighted by molar-refractivity contribution is -0.112. The molecule has 0 unspecified atom stereocenters. The molecule has 0 radical (unpaired) electrons. The Labute approximate surface area is 208 Å². The summed E-state index contributed by atoms with van der Waals surface area (Å²) in [6, 6.07) is 22.6. The largest absolute Gasteiger partial charge is 0.490 e. The number of carbonyl (C=O) groups excluding carboxylic acids is 1. The lowest BCUT2D eigenvalue weighted by atomic mass is 10.1. The van der Waals surface area contributed by atoms with Crippen LogP contribution in [0.5, 0.6) is 11.5 Å². The zero-order valence-corrected chi connectivity index (χ0v) is 20.5. The predicted octanol–water partition coefficient (Wildman–Crippen LogP) is 6.49. The first-order valence-electron chi connectivity index (χ1n) is 10.7. The second kappa shape index (κ2) is 12.4. The third-order valence-corrected chi connectivity index (χ3v) is 5.37. The fourth-order valence-corrected chi connectivity index (χ4v) is 3.55.